The first-order valence-corrected chi connectivity index (χ1v) is 5.45. The van der Waals surface area contributed by atoms with Gasteiger partial charge in [0.05, 0.1) is 8.49 Å². The van der Waals surface area contributed by atoms with Crippen LogP contribution >= 0.6 is 38.5 Å². The van der Waals surface area contributed by atoms with Crippen LogP contribution in [-0.2, 0) is 0 Å². The van der Waals surface area contributed by atoms with Gasteiger partial charge in [-0.3, -0.25) is 14.9 Å². The lowest BCUT2D eigenvalue weighted by Crippen LogP contribution is -1.98. The Kier molecular flexibility index (Phi) is 3.59. The van der Waals surface area contributed by atoms with Crippen LogP contribution in [0.1, 0.15) is 17.3 Å². The molecule has 0 amide bonds. The molecule has 0 bridgehead atoms. The van der Waals surface area contributed by atoms with Gasteiger partial charge in [-0.15, -0.1) is 0 Å². The third-order valence-corrected chi connectivity index (χ3v) is 3.13. The summed E-state index contributed by atoms with van der Waals surface area (Å²) in [4.78, 5) is 21.2. The van der Waals surface area contributed by atoms with E-state index in [1.165, 1.54) is 13.0 Å². The first kappa shape index (κ1) is 11.6. The lowest BCUT2D eigenvalue weighted by atomic mass is 10.1. The fraction of sp³-hybridized carbons (Fsp3) is 0.125. The van der Waals surface area contributed by atoms with E-state index in [2.05, 4.69) is 15.9 Å². The van der Waals surface area contributed by atoms with Gasteiger partial charge in [0.25, 0.3) is 5.69 Å². The van der Waals surface area contributed by atoms with Crippen molar-refractivity contribution in [3.63, 3.8) is 0 Å². The zero-order chi connectivity index (χ0) is 10.9. The predicted octanol–water partition coefficient (Wildman–Crippen LogP) is 3.16. The number of hydrogen-bond donors (Lipinski definition) is 0. The van der Waals surface area contributed by atoms with Crippen LogP contribution in [0, 0.1) is 13.7 Å². The zero-order valence-electron chi connectivity index (χ0n) is 7.08. The number of benzene rings is 1. The maximum absolute atomic E-state index is 11.1. The van der Waals surface area contributed by atoms with Gasteiger partial charge in [-0.1, -0.05) is 15.9 Å². The Balaban J connectivity index is 3.42. The van der Waals surface area contributed by atoms with Crippen molar-refractivity contribution >= 4 is 50.0 Å². The Bertz CT molecular complexity index is 384. The summed E-state index contributed by atoms with van der Waals surface area (Å²) in [5, 5.41) is 10.6. The molecule has 0 aromatic heterocycles. The Morgan fingerprint density at radius 2 is 2.14 bits per heavy atom. The molecule has 0 N–H and O–H groups in total. The minimum atomic E-state index is -0.499. The average molecular weight is 370 g/mol. The van der Waals surface area contributed by atoms with Crippen molar-refractivity contribution in [3.05, 3.63) is 35.9 Å². The summed E-state index contributed by atoms with van der Waals surface area (Å²) in [5.41, 5.74) is 0.288. The van der Waals surface area contributed by atoms with Crippen molar-refractivity contribution in [1.82, 2.24) is 0 Å². The molecule has 0 aliphatic rings. The van der Waals surface area contributed by atoms with Crippen molar-refractivity contribution in [2.24, 2.45) is 0 Å². The molecule has 0 radical (unpaired) electrons. The standard InChI is InChI=1S/C8H5BrINO3/c1-4(12)5-2-8(11(13)14)7(10)3-6(5)9/h2-3H,1H3. The highest BCUT2D eigenvalue weighted by Gasteiger charge is 2.17. The van der Waals surface area contributed by atoms with Crippen LogP contribution in [0.25, 0.3) is 0 Å². The van der Waals surface area contributed by atoms with Gasteiger partial charge in [-0.05, 0) is 35.6 Å². The molecule has 1 aromatic carbocycles. The second-order valence-corrected chi connectivity index (χ2v) is 4.61. The first-order chi connectivity index (χ1) is 6.43. The number of Topliss-reactive ketones (excluding diaryl/α,β-unsaturated/α-hetero) is 1. The lowest BCUT2D eigenvalue weighted by molar-refractivity contribution is -0.385. The summed E-state index contributed by atoms with van der Waals surface area (Å²) in [5.74, 6) is -0.198. The summed E-state index contributed by atoms with van der Waals surface area (Å²) in [6.07, 6.45) is 0. The fourth-order valence-corrected chi connectivity index (χ4v) is 2.66. The van der Waals surface area contributed by atoms with Crippen molar-refractivity contribution in [2.75, 3.05) is 0 Å². The number of hydrogen-bond acceptors (Lipinski definition) is 3. The van der Waals surface area contributed by atoms with Crippen LogP contribution in [0.15, 0.2) is 16.6 Å². The maximum atomic E-state index is 11.1. The highest BCUT2D eigenvalue weighted by molar-refractivity contribution is 14.1. The number of ketones is 1. The molecule has 0 spiro atoms. The van der Waals surface area contributed by atoms with Crippen LogP contribution in [0.5, 0.6) is 0 Å². The number of carbonyl (C=O) groups is 1. The highest BCUT2D eigenvalue weighted by Crippen LogP contribution is 2.28. The molecule has 0 aliphatic carbocycles. The number of halogens is 2. The first-order valence-electron chi connectivity index (χ1n) is 3.58. The number of nitro benzene ring substituents is 1. The van der Waals surface area contributed by atoms with E-state index in [1.54, 1.807) is 6.07 Å². The SMILES string of the molecule is CC(=O)c1cc([N+](=O)[O-])c(I)cc1Br. The molecular weight excluding hydrogens is 365 g/mol. The molecule has 4 nitrogen and oxygen atoms in total. The summed E-state index contributed by atoms with van der Waals surface area (Å²) < 4.78 is 1.09. The topological polar surface area (TPSA) is 60.2 Å². The summed E-state index contributed by atoms with van der Waals surface area (Å²) in [7, 11) is 0. The molecule has 1 aromatic rings. The Hall–Kier alpha value is -0.500. The molecule has 0 aliphatic heterocycles. The van der Waals surface area contributed by atoms with Crippen LogP contribution in [-0.4, -0.2) is 10.7 Å². The van der Waals surface area contributed by atoms with Gasteiger partial charge in [0.2, 0.25) is 0 Å². The molecule has 0 atom stereocenters. The minimum Gasteiger partial charge on any atom is -0.294 e. The number of nitrogens with zero attached hydrogens (tertiary/aromatic N) is 1. The minimum absolute atomic E-state index is 0.0426. The smallest absolute Gasteiger partial charge is 0.283 e. The van der Waals surface area contributed by atoms with E-state index in [0.717, 1.165) is 0 Å². The third-order valence-electron chi connectivity index (χ3n) is 1.61. The Morgan fingerprint density at radius 3 is 2.57 bits per heavy atom. The van der Waals surface area contributed by atoms with E-state index in [4.69, 9.17) is 0 Å². The normalized spacial score (nSPS) is 9.93. The quantitative estimate of drug-likeness (QED) is 0.348. The molecule has 0 unspecified atom stereocenters. The molecule has 1 rings (SSSR count). The number of nitro groups is 1. The third kappa shape index (κ3) is 2.30. The van der Waals surface area contributed by atoms with Crippen molar-refractivity contribution in [3.8, 4) is 0 Å². The van der Waals surface area contributed by atoms with E-state index in [1.807, 2.05) is 22.6 Å². The highest BCUT2D eigenvalue weighted by atomic mass is 127. The van der Waals surface area contributed by atoms with Crippen LogP contribution in [0.4, 0.5) is 5.69 Å². The van der Waals surface area contributed by atoms with Gasteiger partial charge in [0.15, 0.2) is 5.78 Å². The van der Waals surface area contributed by atoms with Crippen molar-refractivity contribution in [2.45, 2.75) is 6.92 Å². The summed E-state index contributed by atoms with van der Waals surface area (Å²) in [6.45, 7) is 1.37. The predicted molar refractivity (Wildman–Crippen MR) is 63.5 cm³/mol. The van der Waals surface area contributed by atoms with E-state index >= 15 is 0 Å². The van der Waals surface area contributed by atoms with Crippen LogP contribution in [0.2, 0.25) is 0 Å². The maximum Gasteiger partial charge on any atom is 0.283 e. The fourth-order valence-electron chi connectivity index (χ4n) is 0.947. The van der Waals surface area contributed by atoms with Crippen molar-refractivity contribution < 1.29 is 9.72 Å². The monoisotopic (exact) mass is 369 g/mol. The van der Waals surface area contributed by atoms with Gasteiger partial charge >= 0.3 is 0 Å². The molecule has 6 heteroatoms. The van der Waals surface area contributed by atoms with E-state index in [-0.39, 0.29) is 11.5 Å². The van der Waals surface area contributed by atoms with Gasteiger partial charge in [-0.25, -0.2) is 0 Å². The molecular formula is C8H5BrINO3. The second-order valence-electron chi connectivity index (χ2n) is 2.60. The molecule has 0 heterocycles. The van der Waals surface area contributed by atoms with E-state index in [9.17, 15) is 14.9 Å². The second kappa shape index (κ2) is 4.35. The Labute approximate surface area is 102 Å². The van der Waals surface area contributed by atoms with Gasteiger partial charge in [0.1, 0.15) is 0 Å². The number of rotatable bonds is 2. The lowest BCUT2D eigenvalue weighted by Gasteiger charge is -2.01. The van der Waals surface area contributed by atoms with Crippen LogP contribution < -0.4 is 0 Å². The van der Waals surface area contributed by atoms with E-state index < -0.39 is 4.92 Å². The molecule has 14 heavy (non-hydrogen) atoms. The molecule has 74 valence electrons. The largest absolute Gasteiger partial charge is 0.294 e. The molecule has 0 fully saturated rings. The van der Waals surface area contributed by atoms with Crippen LogP contribution in [0.3, 0.4) is 0 Å². The number of carbonyl (C=O) groups excluding carboxylic acids is 1. The van der Waals surface area contributed by atoms with E-state index in [0.29, 0.717) is 13.6 Å². The summed E-state index contributed by atoms with van der Waals surface area (Å²) >= 11 is 5.04. The van der Waals surface area contributed by atoms with Gasteiger partial charge in [-0.2, -0.15) is 0 Å². The summed E-state index contributed by atoms with van der Waals surface area (Å²) in [6, 6.07) is 2.85. The van der Waals surface area contributed by atoms with Crippen molar-refractivity contribution in [1.29, 1.82) is 0 Å². The zero-order valence-corrected chi connectivity index (χ0v) is 10.8. The van der Waals surface area contributed by atoms with Gasteiger partial charge < -0.3 is 0 Å². The molecule has 0 saturated carbocycles. The average Bonchev–Trinajstić information content (AvgIpc) is 2.02. The molecule has 0 saturated heterocycles. The van der Waals surface area contributed by atoms with Gasteiger partial charge in [0, 0.05) is 16.1 Å². The Morgan fingerprint density at radius 1 is 1.57 bits per heavy atom.